The van der Waals surface area contributed by atoms with Gasteiger partial charge in [0, 0.05) is 39.1 Å². The number of nitrogens with zero attached hydrogens (tertiary/aromatic N) is 5. The molecular weight excluding hydrogens is 380 g/mol. The van der Waals surface area contributed by atoms with E-state index in [-0.39, 0.29) is 17.7 Å². The summed E-state index contributed by atoms with van der Waals surface area (Å²) in [5, 5.41) is 12.8. The van der Waals surface area contributed by atoms with Crippen LogP contribution >= 0.6 is 0 Å². The molecule has 8 heteroatoms. The van der Waals surface area contributed by atoms with Crippen molar-refractivity contribution in [1.29, 1.82) is 5.26 Å². The fourth-order valence-electron chi connectivity index (χ4n) is 3.97. The van der Waals surface area contributed by atoms with Gasteiger partial charge in [0.25, 0.3) is 5.91 Å². The molecule has 1 saturated heterocycles. The summed E-state index contributed by atoms with van der Waals surface area (Å²) in [4.78, 5) is 37.0. The third kappa shape index (κ3) is 3.36. The van der Waals surface area contributed by atoms with Crippen molar-refractivity contribution in [1.82, 2.24) is 14.9 Å². The summed E-state index contributed by atoms with van der Waals surface area (Å²) in [6.45, 7) is 2.44. The van der Waals surface area contributed by atoms with Crippen LogP contribution in [0.25, 0.3) is 0 Å². The Morgan fingerprint density at radius 2 is 2.00 bits per heavy atom. The van der Waals surface area contributed by atoms with Crippen LogP contribution in [0.1, 0.15) is 35.2 Å². The van der Waals surface area contributed by atoms with Crippen molar-refractivity contribution >= 4 is 29.1 Å². The molecule has 0 spiro atoms. The summed E-state index contributed by atoms with van der Waals surface area (Å²) in [6, 6.07) is 7.55. The highest BCUT2D eigenvalue weighted by atomic mass is 16.2. The molecule has 1 atom stereocenters. The Morgan fingerprint density at radius 3 is 2.60 bits per heavy atom. The maximum absolute atomic E-state index is 13.1. The predicted octanol–water partition coefficient (Wildman–Crippen LogP) is 2.89. The van der Waals surface area contributed by atoms with E-state index in [0.717, 1.165) is 24.1 Å². The van der Waals surface area contributed by atoms with E-state index in [1.54, 1.807) is 37.3 Å². The SMILES string of the molecule is Cc1cnc(Nc2ccc(C(=O)N(C)C)cn2)cc1N1CC[C@@](C#N)(C2CC2)C1=O. The summed E-state index contributed by atoms with van der Waals surface area (Å²) in [5.74, 6) is 1.06. The fourth-order valence-corrected chi connectivity index (χ4v) is 3.97. The molecule has 0 bridgehead atoms. The van der Waals surface area contributed by atoms with Gasteiger partial charge in [-0.25, -0.2) is 9.97 Å². The smallest absolute Gasteiger partial charge is 0.254 e. The lowest BCUT2D eigenvalue weighted by atomic mass is 9.83. The van der Waals surface area contributed by atoms with Gasteiger partial charge in [-0.2, -0.15) is 5.26 Å². The van der Waals surface area contributed by atoms with Crippen LogP contribution in [0, 0.1) is 29.6 Å². The van der Waals surface area contributed by atoms with Crippen molar-refractivity contribution in [2.75, 3.05) is 30.9 Å². The summed E-state index contributed by atoms with van der Waals surface area (Å²) < 4.78 is 0. The third-order valence-corrected chi connectivity index (χ3v) is 5.87. The zero-order chi connectivity index (χ0) is 21.5. The van der Waals surface area contributed by atoms with Crippen molar-refractivity contribution in [2.45, 2.75) is 26.2 Å². The van der Waals surface area contributed by atoms with Gasteiger partial charge in [-0.3, -0.25) is 9.59 Å². The average molecular weight is 404 g/mol. The Morgan fingerprint density at radius 1 is 1.27 bits per heavy atom. The molecule has 3 heterocycles. The van der Waals surface area contributed by atoms with Gasteiger partial charge in [0.1, 0.15) is 17.1 Å². The molecule has 2 aliphatic rings. The van der Waals surface area contributed by atoms with Crippen LogP contribution in [0.4, 0.5) is 17.3 Å². The molecule has 2 fully saturated rings. The van der Waals surface area contributed by atoms with E-state index in [1.165, 1.54) is 11.1 Å². The number of anilines is 3. The van der Waals surface area contributed by atoms with E-state index in [4.69, 9.17) is 0 Å². The number of hydrogen-bond donors (Lipinski definition) is 1. The van der Waals surface area contributed by atoms with E-state index in [1.807, 2.05) is 13.0 Å². The molecule has 4 rings (SSSR count). The van der Waals surface area contributed by atoms with Crippen LogP contribution in [0.2, 0.25) is 0 Å². The maximum Gasteiger partial charge on any atom is 0.254 e. The molecule has 2 aromatic rings. The quantitative estimate of drug-likeness (QED) is 0.822. The molecule has 1 N–H and O–H groups in total. The summed E-state index contributed by atoms with van der Waals surface area (Å²) in [7, 11) is 3.38. The Labute approximate surface area is 175 Å². The van der Waals surface area contributed by atoms with E-state index in [9.17, 15) is 14.9 Å². The topological polar surface area (TPSA) is 102 Å². The van der Waals surface area contributed by atoms with E-state index >= 15 is 0 Å². The first-order valence-corrected chi connectivity index (χ1v) is 10.0. The first-order chi connectivity index (χ1) is 14.4. The minimum absolute atomic E-state index is 0.0996. The standard InChI is InChI=1S/C22H24N6O2/c1-14-11-24-19(26-18-7-4-15(12-25-18)20(29)27(2)3)10-17(14)28-9-8-22(13-23,21(28)30)16-5-6-16/h4,7,10-12,16H,5-6,8-9H2,1-3H3,(H,24,25,26)/t22-/m1/s1. The van der Waals surface area contributed by atoms with Crippen molar-refractivity contribution in [2.24, 2.45) is 11.3 Å². The summed E-state index contributed by atoms with van der Waals surface area (Å²) >= 11 is 0. The highest BCUT2D eigenvalue weighted by Gasteiger charge is 2.56. The number of carbonyl (C=O) groups excluding carboxylic acids is 2. The fraction of sp³-hybridized carbons (Fsp3) is 0.409. The predicted molar refractivity (Wildman–Crippen MR) is 112 cm³/mol. The Kier molecular flexibility index (Phi) is 4.90. The van der Waals surface area contributed by atoms with Crippen LogP contribution in [0.3, 0.4) is 0 Å². The van der Waals surface area contributed by atoms with E-state index in [2.05, 4.69) is 21.4 Å². The second kappa shape index (κ2) is 7.41. The number of pyridine rings is 2. The first kappa shape index (κ1) is 19.8. The van der Waals surface area contributed by atoms with Gasteiger partial charge in [0.15, 0.2) is 0 Å². The lowest BCUT2D eigenvalue weighted by Gasteiger charge is -2.22. The largest absolute Gasteiger partial charge is 0.345 e. The van der Waals surface area contributed by atoms with Crippen molar-refractivity contribution in [3.05, 3.63) is 41.7 Å². The number of aryl methyl sites for hydroxylation is 1. The van der Waals surface area contributed by atoms with Gasteiger partial charge in [-0.15, -0.1) is 0 Å². The zero-order valence-corrected chi connectivity index (χ0v) is 17.3. The molecule has 154 valence electrons. The molecule has 1 aliphatic heterocycles. The second-order valence-electron chi connectivity index (χ2n) is 8.18. The zero-order valence-electron chi connectivity index (χ0n) is 17.3. The van der Waals surface area contributed by atoms with Crippen molar-refractivity contribution < 1.29 is 9.59 Å². The van der Waals surface area contributed by atoms with E-state index < -0.39 is 5.41 Å². The maximum atomic E-state index is 13.1. The highest BCUT2D eigenvalue weighted by Crippen LogP contribution is 2.52. The Balaban J connectivity index is 1.55. The molecule has 1 aliphatic carbocycles. The number of aromatic nitrogens is 2. The lowest BCUT2D eigenvalue weighted by molar-refractivity contribution is -0.123. The van der Waals surface area contributed by atoms with Crippen molar-refractivity contribution in [3.8, 4) is 6.07 Å². The second-order valence-corrected chi connectivity index (χ2v) is 8.18. The van der Waals surface area contributed by atoms with Gasteiger partial charge in [0.2, 0.25) is 5.91 Å². The molecule has 0 radical (unpaired) electrons. The number of amides is 2. The molecule has 0 unspecified atom stereocenters. The number of nitriles is 1. The summed E-state index contributed by atoms with van der Waals surface area (Å²) in [6.07, 6.45) is 5.69. The molecule has 1 saturated carbocycles. The molecule has 2 amide bonds. The van der Waals surface area contributed by atoms with E-state index in [0.29, 0.717) is 30.2 Å². The third-order valence-electron chi connectivity index (χ3n) is 5.87. The van der Waals surface area contributed by atoms with Crippen LogP contribution < -0.4 is 10.2 Å². The molecule has 2 aromatic heterocycles. The number of nitrogens with one attached hydrogen (secondary N) is 1. The van der Waals surface area contributed by atoms with Gasteiger partial charge >= 0.3 is 0 Å². The first-order valence-electron chi connectivity index (χ1n) is 10.0. The summed E-state index contributed by atoms with van der Waals surface area (Å²) in [5.41, 5.74) is 1.26. The van der Waals surface area contributed by atoms with Crippen LogP contribution in [0.5, 0.6) is 0 Å². The normalized spacial score (nSPS) is 20.7. The molecule has 8 nitrogen and oxygen atoms in total. The monoisotopic (exact) mass is 404 g/mol. The lowest BCUT2D eigenvalue weighted by Crippen LogP contribution is -2.35. The number of carbonyl (C=O) groups is 2. The molecule has 30 heavy (non-hydrogen) atoms. The van der Waals surface area contributed by atoms with Crippen LogP contribution in [-0.4, -0.2) is 47.3 Å². The van der Waals surface area contributed by atoms with Gasteiger partial charge in [-0.1, -0.05) is 0 Å². The van der Waals surface area contributed by atoms with Gasteiger partial charge in [0.05, 0.1) is 17.3 Å². The highest BCUT2D eigenvalue weighted by molar-refractivity contribution is 6.03. The average Bonchev–Trinajstić information content (AvgIpc) is 3.54. The minimum Gasteiger partial charge on any atom is -0.345 e. The number of rotatable bonds is 5. The molecule has 0 aromatic carbocycles. The van der Waals surface area contributed by atoms with Gasteiger partial charge < -0.3 is 15.1 Å². The minimum atomic E-state index is -0.875. The van der Waals surface area contributed by atoms with Crippen LogP contribution in [-0.2, 0) is 4.79 Å². The van der Waals surface area contributed by atoms with Gasteiger partial charge in [-0.05, 0) is 49.8 Å². The Hall–Kier alpha value is -3.47. The van der Waals surface area contributed by atoms with Crippen molar-refractivity contribution in [3.63, 3.8) is 0 Å². The molecular formula is C22H24N6O2. The number of hydrogen-bond acceptors (Lipinski definition) is 6. The Bertz CT molecular complexity index is 1040. The van der Waals surface area contributed by atoms with Crippen LogP contribution in [0.15, 0.2) is 30.6 Å².